The third kappa shape index (κ3) is 6.21. The molecular formula is C17H23F3N2O3. The molecule has 3 N–H and O–H groups in total. The first-order chi connectivity index (χ1) is 11.8. The molecule has 5 nitrogen and oxygen atoms in total. The Balaban J connectivity index is 1.95. The lowest BCUT2D eigenvalue weighted by Gasteiger charge is -2.26. The van der Waals surface area contributed by atoms with Gasteiger partial charge in [0.2, 0.25) is 5.91 Å². The number of benzene rings is 1. The number of rotatable bonds is 6. The first kappa shape index (κ1) is 19.5. The van der Waals surface area contributed by atoms with Crippen molar-refractivity contribution in [1.82, 2.24) is 5.32 Å². The van der Waals surface area contributed by atoms with Gasteiger partial charge in [-0.2, -0.15) is 13.2 Å². The molecule has 140 valence electrons. The van der Waals surface area contributed by atoms with E-state index >= 15 is 0 Å². The summed E-state index contributed by atoms with van der Waals surface area (Å²) < 4.78 is 47.2. The molecule has 0 spiro atoms. The summed E-state index contributed by atoms with van der Waals surface area (Å²) in [6.45, 7) is 1.60. The van der Waals surface area contributed by atoms with E-state index in [4.69, 9.17) is 15.2 Å². The van der Waals surface area contributed by atoms with Gasteiger partial charge in [0.05, 0.1) is 6.04 Å². The van der Waals surface area contributed by atoms with Crippen LogP contribution in [0.25, 0.3) is 0 Å². The number of carbonyl (C=O) groups is 1. The first-order valence-corrected chi connectivity index (χ1v) is 8.16. The van der Waals surface area contributed by atoms with Crippen LogP contribution < -0.4 is 15.8 Å². The molecule has 0 aliphatic carbocycles. The number of hydrogen-bond donors (Lipinski definition) is 2. The van der Waals surface area contributed by atoms with Crippen LogP contribution >= 0.6 is 0 Å². The molecule has 1 unspecified atom stereocenters. The van der Waals surface area contributed by atoms with Gasteiger partial charge in [-0.15, -0.1) is 0 Å². The number of alkyl halides is 3. The van der Waals surface area contributed by atoms with E-state index in [9.17, 15) is 18.0 Å². The van der Waals surface area contributed by atoms with Crippen LogP contribution in [-0.2, 0) is 16.1 Å². The Bertz CT molecular complexity index is 587. The van der Waals surface area contributed by atoms with Crippen molar-refractivity contribution in [2.75, 3.05) is 19.8 Å². The van der Waals surface area contributed by atoms with E-state index < -0.39 is 18.8 Å². The zero-order valence-electron chi connectivity index (χ0n) is 14.1. The van der Waals surface area contributed by atoms with E-state index in [-0.39, 0.29) is 24.1 Å². The van der Waals surface area contributed by atoms with Crippen molar-refractivity contribution in [3.8, 4) is 5.75 Å². The molecule has 1 aliphatic heterocycles. The third-order valence-electron chi connectivity index (χ3n) is 4.14. The summed E-state index contributed by atoms with van der Waals surface area (Å²) in [6.07, 6.45) is -2.98. The Morgan fingerprint density at radius 2 is 2.08 bits per heavy atom. The van der Waals surface area contributed by atoms with Crippen LogP contribution in [0.4, 0.5) is 13.2 Å². The lowest BCUT2D eigenvalue weighted by Crippen LogP contribution is -2.46. The van der Waals surface area contributed by atoms with Crippen molar-refractivity contribution in [3.05, 3.63) is 29.3 Å². The predicted octanol–water partition coefficient (Wildman–Crippen LogP) is 2.31. The highest BCUT2D eigenvalue weighted by molar-refractivity contribution is 5.81. The summed E-state index contributed by atoms with van der Waals surface area (Å²) in [4.78, 5) is 12.2. The molecule has 1 aromatic rings. The van der Waals surface area contributed by atoms with Crippen molar-refractivity contribution in [2.45, 2.75) is 38.5 Å². The number of nitrogens with two attached hydrogens (primary N) is 1. The van der Waals surface area contributed by atoms with Gasteiger partial charge in [0, 0.05) is 25.3 Å². The van der Waals surface area contributed by atoms with E-state index in [1.54, 1.807) is 19.1 Å². The summed E-state index contributed by atoms with van der Waals surface area (Å²) in [5.41, 5.74) is 7.23. The van der Waals surface area contributed by atoms with Gasteiger partial charge in [0.15, 0.2) is 6.61 Å². The second-order valence-corrected chi connectivity index (χ2v) is 6.21. The van der Waals surface area contributed by atoms with Crippen LogP contribution in [0.5, 0.6) is 5.75 Å². The minimum absolute atomic E-state index is 0.0488. The summed E-state index contributed by atoms with van der Waals surface area (Å²) >= 11 is 0. The van der Waals surface area contributed by atoms with Gasteiger partial charge in [-0.3, -0.25) is 4.79 Å². The smallest absolute Gasteiger partial charge is 0.422 e. The second kappa shape index (κ2) is 8.53. The lowest BCUT2D eigenvalue weighted by molar-refractivity contribution is -0.153. The molecular weight excluding hydrogens is 337 g/mol. The fourth-order valence-electron chi connectivity index (χ4n) is 2.69. The maximum Gasteiger partial charge on any atom is 0.422 e. The molecule has 0 saturated carbocycles. The number of halogens is 3. The van der Waals surface area contributed by atoms with Gasteiger partial charge in [0.1, 0.15) is 5.75 Å². The van der Waals surface area contributed by atoms with Gasteiger partial charge in [-0.05, 0) is 37.3 Å². The Morgan fingerprint density at radius 3 is 2.72 bits per heavy atom. The molecule has 0 radical (unpaired) electrons. The highest BCUT2D eigenvalue weighted by Crippen LogP contribution is 2.24. The maximum absolute atomic E-state index is 12.4. The number of ether oxygens (including phenoxy) is 2. The number of carbonyl (C=O) groups excluding carboxylic acids is 1. The van der Waals surface area contributed by atoms with Crippen molar-refractivity contribution >= 4 is 5.91 Å². The maximum atomic E-state index is 12.4. The fourth-order valence-corrected chi connectivity index (χ4v) is 2.69. The highest BCUT2D eigenvalue weighted by atomic mass is 19.4. The number of hydrogen-bond acceptors (Lipinski definition) is 4. The summed E-state index contributed by atoms with van der Waals surface area (Å²) in [5.74, 6) is -0.167. The molecule has 1 aromatic carbocycles. The predicted molar refractivity (Wildman–Crippen MR) is 86.1 cm³/mol. The van der Waals surface area contributed by atoms with Gasteiger partial charge in [0.25, 0.3) is 0 Å². The Morgan fingerprint density at radius 1 is 1.40 bits per heavy atom. The van der Waals surface area contributed by atoms with Crippen LogP contribution in [0, 0.1) is 12.8 Å². The number of nitrogens with one attached hydrogen (secondary N) is 1. The molecule has 0 aromatic heterocycles. The van der Waals surface area contributed by atoms with Gasteiger partial charge < -0.3 is 20.5 Å². The molecule has 1 fully saturated rings. The van der Waals surface area contributed by atoms with Crippen molar-refractivity contribution in [3.63, 3.8) is 0 Å². The van der Waals surface area contributed by atoms with E-state index in [1.165, 1.54) is 6.07 Å². The van der Waals surface area contributed by atoms with E-state index in [0.717, 1.165) is 18.4 Å². The summed E-state index contributed by atoms with van der Waals surface area (Å²) in [6, 6.07) is 4.25. The molecule has 8 heteroatoms. The minimum atomic E-state index is -4.42. The fraction of sp³-hybridized carbons (Fsp3) is 0.588. The van der Waals surface area contributed by atoms with Crippen LogP contribution in [0.15, 0.2) is 18.2 Å². The largest absolute Gasteiger partial charge is 0.484 e. The quantitative estimate of drug-likeness (QED) is 0.817. The van der Waals surface area contributed by atoms with Crippen LogP contribution in [-0.4, -0.2) is 37.9 Å². The van der Waals surface area contributed by atoms with Gasteiger partial charge in [-0.1, -0.05) is 12.1 Å². The molecule has 1 saturated heterocycles. The Hall–Kier alpha value is -1.80. The van der Waals surface area contributed by atoms with Gasteiger partial charge in [-0.25, -0.2) is 0 Å². The normalized spacial score (nSPS) is 17.2. The van der Waals surface area contributed by atoms with E-state index in [1.807, 2.05) is 0 Å². The highest BCUT2D eigenvalue weighted by Gasteiger charge is 2.29. The second-order valence-electron chi connectivity index (χ2n) is 6.21. The van der Waals surface area contributed by atoms with Gasteiger partial charge >= 0.3 is 6.18 Å². The molecule has 25 heavy (non-hydrogen) atoms. The van der Waals surface area contributed by atoms with Crippen LogP contribution in [0.1, 0.15) is 24.0 Å². The zero-order chi connectivity index (χ0) is 18.4. The average molecular weight is 360 g/mol. The topological polar surface area (TPSA) is 73.6 Å². The molecule has 0 bridgehead atoms. The molecule has 1 amide bonds. The number of aryl methyl sites for hydroxylation is 1. The minimum Gasteiger partial charge on any atom is -0.484 e. The SMILES string of the molecule is Cc1ccc(CNC(=O)C(N)C2CCOCC2)c(OCC(F)(F)F)c1. The number of amides is 1. The van der Waals surface area contributed by atoms with E-state index in [0.29, 0.717) is 18.8 Å². The lowest BCUT2D eigenvalue weighted by atomic mass is 9.92. The van der Waals surface area contributed by atoms with Crippen LogP contribution in [0.2, 0.25) is 0 Å². The van der Waals surface area contributed by atoms with Crippen molar-refractivity contribution in [2.24, 2.45) is 11.7 Å². The molecule has 1 heterocycles. The molecule has 1 atom stereocenters. The van der Waals surface area contributed by atoms with Crippen molar-refractivity contribution < 1.29 is 27.4 Å². The van der Waals surface area contributed by atoms with Crippen molar-refractivity contribution in [1.29, 1.82) is 0 Å². The third-order valence-corrected chi connectivity index (χ3v) is 4.14. The summed E-state index contributed by atoms with van der Waals surface area (Å²) in [5, 5.41) is 2.69. The summed E-state index contributed by atoms with van der Waals surface area (Å²) in [7, 11) is 0. The first-order valence-electron chi connectivity index (χ1n) is 8.16. The Labute approximate surface area is 144 Å². The molecule has 1 aliphatic rings. The van der Waals surface area contributed by atoms with Crippen LogP contribution in [0.3, 0.4) is 0 Å². The standard InChI is InChI=1S/C17H23F3N2O3/c1-11-2-3-13(14(8-11)25-10-17(18,19)20)9-22-16(23)15(21)12-4-6-24-7-5-12/h2-3,8,12,15H,4-7,9-10,21H2,1H3,(H,22,23). The zero-order valence-corrected chi connectivity index (χ0v) is 14.1. The Kier molecular flexibility index (Phi) is 6.66. The monoisotopic (exact) mass is 360 g/mol. The van der Waals surface area contributed by atoms with E-state index in [2.05, 4.69) is 5.32 Å². The molecule has 2 rings (SSSR count). The average Bonchev–Trinajstić information content (AvgIpc) is 2.58.